The number of aromatic nitrogens is 2. The normalized spacial score (nSPS) is 11.9. The number of nitrogen functional groups attached to an aromatic ring is 1. The average Bonchev–Trinajstić information content (AvgIpc) is 2.76. The van der Waals surface area contributed by atoms with E-state index in [-0.39, 0.29) is 17.3 Å². The van der Waals surface area contributed by atoms with E-state index in [0.717, 1.165) is 11.1 Å². The number of sulfonamides is 1. The molecule has 1 aromatic heterocycles. The van der Waals surface area contributed by atoms with Crippen LogP contribution in [0.2, 0.25) is 0 Å². The van der Waals surface area contributed by atoms with Crippen molar-refractivity contribution in [2.75, 3.05) is 12.8 Å². The van der Waals surface area contributed by atoms with Gasteiger partial charge >= 0.3 is 0 Å². The Morgan fingerprint density at radius 1 is 1.42 bits per heavy atom. The summed E-state index contributed by atoms with van der Waals surface area (Å²) in [5.41, 5.74) is 7.57. The van der Waals surface area contributed by atoms with E-state index in [1.54, 1.807) is 0 Å². The van der Waals surface area contributed by atoms with Gasteiger partial charge < -0.3 is 5.73 Å². The lowest BCUT2D eigenvalue weighted by Crippen LogP contribution is -2.26. The summed E-state index contributed by atoms with van der Waals surface area (Å²) in [7, 11) is -2.10. The van der Waals surface area contributed by atoms with Crippen molar-refractivity contribution in [2.45, 2.75) is 18.4 Å². The highest BCUT2D eigenvalue weighted by molar-refractivity contribution is 7.89. The summed E-state index contributed by atoms with van der Waals surface area (Å²) in [5, 5.41) is 6.06. The molecule has 0 bridgehead atoms. The number of anilines is 1. The Labute approximate surface area is 112 Å². The highest BCUT2D eigenvalue weighted by Crippen LogP contribution is 2.20. The largest absolute Gasteiger partial charge is 0.383 e. The van der Waals surface area contributed by atoms with Crippen molar-refractivity contribution in [3.63, 3.8) is 0 Å². The van der Waals surface area contributed by atoms with Gasteiger partial charge in [0.05, 0.1) is 6.20 Å². The number of rotatable bonds is 4. The number of hydrogen-bond donors (Lipinski definition) is 2. The van der Waals surface area contributed by atoms with Crippen LogP contribution in [0.15, 0.2) is 35.4 Å². The fraction of sp³-hybridized carbons (Fsp3) is 0.250. The summed E-state index contributed by atoms with van der Waals surface area (Å²) in [4.78, 5) is 0.00246. The van der Waals surface area contributed by atoms with Gasteiger partial charge in [-0.1, -0.05) is 29.8 Å². The van der Waals surface area contributed by atoms with Gasteiger partial charge in [-0.05, 0) is 12.5 Å². The van der Waals surface area contributed by atoms with Crippen LogP contribution < -0.4 is 5.73 Å². The lowest BCUT2D eigenvalue weighted by Gasteiger charge is -2.16. The van der Waals surface area contributed by atoms with Crippen LogP contribution in [0.1, 0.15) is 11.1 Å². The van der Waals surface area contributed by atoms with Gasteiger partial charge in [-0.15, -0.1) is 0 Å². The van der Waals surface area contributed by atoms with Gasteiger partial charge in [0.25, 0.3) is 0 Å². The maximum Gasteiger partial charge on any atom is 0.248 e. The fourth-order valence-corrected chi connectivity index (χ4v) is 2.98. The number of H-pyrrole nitrogens is 1. The minimum Gasteiger partial charge on any atom is -0.383 e. The first-order valence-corrected chi connectivity index (χ1v) is 7.16. The van der Waals surface area contributed by atoms with Gasteiger partial charge in [0.1, 0.15) is 10.7 Å². The number of aromatic amines is 1. The first-order chi connectivity index (χ1) is 8.91. The van der Waals surface area contributed by atoms with Crippen molar-refractivity contribution < 1.29 is 8.42 Å². The molecule has 7 heteroatoms. The molecule has 2 aromatic rings. The third-order valence-corrected chi connectivity index (χ3v) is 4.64. The molecular weight excluding hydrogens is 264 g/mol. The summed E-state index contributed by atoms with van der Waals surface area (Å²) >= 11 is 0. The zero-order valence-electron chi connectivity index (χ0n) is 10.8. The monoisotopic (exact) mass is 280 g/mol. The number of benzene rings is 1. The fourth-order valence-electron chi connectivity index (χ4n) is 1.81. The van der Waals surface area contributed by atoms with E-state index < -0.39 is 10.0 Å². The second-order valence-electron chi connectivity index (χ2n) is 4.40. The standard InChI is InChI=1S/C12H16N4O2S/c1-9-4-3-5-10(6-9)8-16(2)19(17,18)11-7-14-15-12(11)13/h3-7H,8H2,1-2H3,(H3,13,14,15). The van der Waals surface area contributed by atoms with Crippen molar-refractivity contribution in [1.29, 1.82) is 0 Å². The van der Waals surface area contributed by atoms with Crippen LogP contribution in [-0.4, -0.2) is 30.0 Å². The molecule has 102 valence electrons. The first kappa shape index (κ1) is 13.6. The van der Waals surface area contributed by atoms with Gasteiger partial charge in [0, 0.05) is 13.6 Å². The molecule has 0 radical (unpaired) electrons. The van der Waals surface area contributed by atoms with E-state index in [9.17, 15) is 8.42 Å². The molecule has 0 unspecified atom stereocenters. The van der Waals surface area contributed by atoms with Crippen molar-refractivity contribution >= 4 is 15.8 Å². The molecule has 0 fully saturated rings. The molecule has 0 atom stereocenters. The van der Waals surface area contributed by atoms with Gasteiger partial charge in [0.15, 0.2) is 0 Å². The average molecular weight is 280 g/mol. The second kappa shape index (κ2) is 5.02. The molecule has 0 amide bonds. The van der Waals surface area contributed by atoms with E-state index in [4.69, 9.17) is 5.73 Å². The smallest absolute Gasteiger partial charge is 0.248 e. The summed E-state index contributed by atoms with van der Waals surface area (Å²) in [5.74, 6) is 0.0519. The van der Waals surface area contributed by atoms with Crippen LogP contribution in [0.25, 0.3) is 0 Å². The zero-order valence-corrected chi connectivity index (χ0v) is 11.6. The van der Waals surface area contributed by atoms with E-state index in [1.165, 1.54) is 17.5 Å². The van der Waals surface area contributed by atoms with Crippen molar-refractivity contribution in [2.24, 2.45) is 0 Å². The number of hydrogen-bond acceptors (Lipinski definition) is 4. The van der Waals surface area contributed by atoms with E-state index in [2.05, 4.69) is 10.2 Å². The van der Waals surface area contributed by atoms with Gasteiger partial charge in [-0.25, -0.2) is 8.42 Å². The molecule has 1 aromatic carbocycles. The first-order valence-electron chi connectivity index (χ1n) is 5.72. The number of nitrogens with one attached hydrogen (secondary N) is 1. The van der Waals surface area contributed by atoms with Crippen LogP contribution in [0, 0.1) is 6.92 Å². The Kier molecular flexibility index (Phi) is 3.59. The Morgan fingerprint density at radius 2 is 2.16 bits per heavy atom. The van der Waals surface area contributed by atoms with E-state index in [0.29, 0.717) is 0 Å². The molecular formula is C12H16N4O2S. The maximum absolute atomic E-state index is 12.3. The number of nitrogens with two attached hydrogens (primary N) is 1. The van der Waals surface area contributed by atoms with E-state index >= 15 is 0 Å². The second-order valence-corrected chi connectivity index (χ2v) is 6.41. The summed E-state index contributed by atoms with van der Waals surface area (Å²) in [6.45, 7) is 2.25. The predicted molar refractivity (Wildman–Crippen MR) is 72.8 cm³/mol. The summed E-state index contributed by atoms with van der Waals surface area (Å²) in [6.07, 6.45) is 1.22. The molecule has 2 rings (SSSR count). The Morgan fingerprint density at radius 3 is 2.74 bits per heavy atom. The number of aryl methyl sites for hydroxylation is 1. The Hall–Kier alpha value is -1.86. The van der Waals surface area contributed by atoms with Crippen molar-refractivity contribution in [1.82, 2.24) is 14.5 Å². The molecule has 6 nitrogen and oxygen atoms in total. The van der Waals surface area contributed by atoms with E-state index in [1.807, 2.05) is 31.2 Å². The number of nitrogens with zero attached hydrogens (tertiary/aromatic N) is 2. The molecule has 19 heavy (non-hydrogen) atoms. The molecule has 0 saturated heterocycles. The third kappa shape index (κ3) is 2.77. The highest BCUT2D eigenvalue weighted by atomic mass is 32.2. The molecule has 0 spiro atoms. The molecule has 1 heterocycles. The molecule has 0 aliphatic heterocycles. The Bertz CT molecular complexity index is 679. The quantitative estimate of drug-likeness (QED) is 0.878. The van der Waals surface area contributed by atoms with Gasteiger partial charge in [-0.3, -0.25) is 5.10 Å². The van der Waals surface area contributed by atoms with Crippen LogP contribution in [0.4, 0.5) is 5.82 Å². The summed E-state index contributed by atoms with van der Waals surface area (Å²) in [6, 6.07) is 7.70. The molecule has 0 aliphatic carbocycles. The van der Waals surface area contributed by atoms with Crippen LogP contribution in [0.5, 0.6) is 0 Å². The van der Waals surface area contributed by atoms with Crippen LogP contribution >= 0.6 is 0 Å². The Balaban J connectivity index is 2.25. The van der Waals surface area contributed by atoms with Crippen molar-refractivity contribution in [3.8, 4) is 0 Å². The third-order valence-electron chi connectivity index (χ3n) is 2.81. The minimum absolute atomic E-state index is 0.00246. The topological polar surface area (TPSA) is 92.1 Å². The molecule has 0 saturated carbocycles. The lowest BCUT2D eigenvalue weighted by atomic mass is 10.1. The molecule has 0 aliphatic rings. The highest BCUT2D eigenvalue weighted by Gasteiger charge is 2.24. The minimum atomic E-state index is -3.62. The molecule has 3 N–H and O–H groups in total. The zero-order chi connectivity index (χ0) is 14.0. The SMILES string of the molecule is Cc1cccc(CN(C)S(=O)(=O)c2cn[nH]c2N)c1. The van der Waals surface area contributed by atoms with Crippen molar-refractivity contribution in [3.05, 3.63) is 41.6 Å². The van der Waals surface area contributed by atoms with Gasteiger partial charge in [0.2, 0.25) is 10.0 Å². The van der Waals surface area contributed by atoms with Gasteiger partial charge in [-0.2, -0.15) is 9.40 Å². The van der Waals surface area contributed by atoms with Crippen LogP contribution in [0.3, 0.4) is 0 Å². The predicted octanol–water partition coefficient (Wildman–Crippen LogP) is 1.12. The summed E-state index contributed by atoms with van der Waals surface area (Å²) < 4.78 is 25.8. The lowest BCUT2D eigenvalue weighted by molar-refractivity contribution is 0.467. The maximum atomic E-state index is 12.3. The van der Waals surface area contributed by atoms with Crippen LogP contribution in [-0.2, 0) is 16.6 Å².